The number of nitrogens with zero attached hydrogens (tertiary/aromatic N) is 3. The van der Waals surface area contributed by atoms with Gasteiger partial charge in [0.15, 0.2) is 0 Å². The molecule has 0 aliphatic rings. The summed E-state index contributed by atoms with van der Waals surface area (Å²) in [6, 6.07) is 0. The number of anilines is 2. The molecule has 0 radical (unpaired) electrons. The van der Waals surface area contributed by atoms with E-state index < -0.39 is 29.3 Å². The normalized spacial score (nSPS) is 12.0. The lowest BCUT2D eigenvalue weighted by atomic mass is 10.2. The number of carbonyl (C=O) groups excluding carboxylic acids is 1. The standard InChI is InChI=1S/C13H20F3N5O3/c1-12(2,3)24-11(22)21(23)6-4-5-18-9-8(13(14,15)16)7-19-10(17)20-9/h7,23H,4-6H2,1-3H3,(H3,17,18,19,20). The minimum absolute atomic E-state index is 0.0133. The minimum atomic E-state index is -4.63. The van der Waals surface area contributed by atoms with Crippen molar-refractivity contribution in [1.29, 1.82) is 0 Å². The molecule has 0 aliphatic heterocycles. The Morgan fingerprint density at radius 1 is 1.42 bits per heavy atom. The summed E-state index contributed by atoms with van der Waals surface area (Å²) < 4.78 is 43.4. The molecule has 0 saturated heterocycles. The molecule has 1 amide bonds. The van der Waals surface area contributed by atoms with Crippen LogP contribution in [0.15, 0.2) is 6.20 Å². The minimum Gasteiger partial charge on any atom is -0.442 e. The van der Waals surface area contributed by atoms with Crippen LogP contribution in [-0.2, 0) is 10.9 Å². The van der Waals surface area contributed by atoms with Crippen molar-refractivity contribution in [1.82, 2.24) is 15.0 Å². The Labute approximate surface area is 136 Å². The van der Waals surface area contributed by atoms with Crippen molar-refractivity contribution in [3.63, 3.8) is 0 Å². The van der Waals surface area contributed by atoms with Crippen LogP contribution in [0.2, 0.25) is 0 Å². The Morgan fingerprint density at radius 2 is 2.04 bits per heavy atom. The second-order valence-corrected chi connectivity index (χ2v) is 5.87. The number of rotatable bonds is 5. The van der Waals surface area contributed by atoms with Crippen molar-refractivity contribution in [2.75, 3.05) is 24.1 Å². The van der Waals surface area contributed by atoms with Crippen LogP contribution >= 0.6 is 0 Å². The predicted octanol–water partition coefficient (Wildman–Crippen LogP) is 2.51. The molecule has 136 valence electrons. The first-order valence-electron chi connectivity index (χ1n) is 7.03. The molecule has 0 aromatic carbocycles. The maximum atomic E-state index is 12.8. The zero-order valence-corrected chi connectivity index (χ0v) is 13.5. The first kappa shape index (κ1) is 19.7. The van der Waals surface area contributed by atoms with Crippen LogP contribution in [0.25, 0.3) is 0 Å². The Bertz CT molecular complexity index is 575. The van der Waals surface area contributed by atoms with Gasteiger partial charge in [-0.1, -0.05) is 0 Å². The Morgan fingerprint density at radius 3 is 2.58 bits per heavy atom. The molecule has 0 atom stereocenters. The van der Waals surface area contributed by atoms with E-state index in [-0.39, 0.29) is 25.5 Å². The molecule has 1 rings (SSSR count). The van der Waals surface area contributed by atoms with E-state index in [0.717, 1.165) is 0 Å². The van der Waals surface area contributed by atoms with Gasteiger partial charge >= 0.3 is 12.3 Å². The number of carbonyl (C=O) groups is 1. The zero-order valence-electron chi connectivity index (χ0n) is 13.5. The van der Waals surface area contributed by atoms with E-state index in [4.69, 9.17) is 10.5 Å². The Balaban J connectivity index is 2.54. The van der Waals surface area contributed by atoms with Crippen LogP contribution in [0.1, 0.15) is 32.8 Å². The summed E-state index contributed by atoms with van der Waals surface area (Å²) in [4.78, 5) is 18.3. The van der Waals surface area contributed by atoms with Gasteiger partial charge in [-0.15, -0.1) is 0 Å². The summed E-state index contributed by atoms with van der Waals surface area (Å²) >= 11 is 0. The molecule has 0 spiro atoms. The van der Waals surface area contributed by atoms with Gasteiger partial charge < -0.3 is 15.8 Å². The number of nitrogens with one attached hydrogen (secondary N) is 1. The number of hydrogen-bond donors (Lipinski definition) is 3. The topological polar surface area (TPSA) is 114 Å². The van der Waals surface area contributed by atoms with Crippen LogP contribution in [0.3, 0.4) is 0 Å². The lowest BCUT2D eigenvalue weighted by Gasteiger charge is -2.23. The molecular weight excluding hydrogens is 331 g/mol. The summed E-state index contributed by atoms with van der Waals surface area (Å²) in [6.45, 7) is 4.79. The van der Waals surface area contributed by atoms with Crippen molar-refractivity contribution in [2.24, 2.45) is 0 Å². The fourth-order valence-electron chi connectivity index (χ4n) is 1.58. The highest BCUT2D eigenvalue weighted by atomic mass is 19.4. The molecule has 4 N–H and O–H groups in total. The van der Waals surface area contributed by atoms with Crippen LogP contribution in [0.4, 0.5) is 29.7 Å². The molecule has 1 heterocycles. The van der Waals surface area contributed by atoms with Crippen LogP contribution < -0.4 is 11.1 Å². The van der Waals surface area contributed by atoms with Crippen LogP contribution in [0, 0.1) is 0 Å². The van der Waals surface area contributed by atoms with E-state index in [2.05, 4.69) is 15.3 Å². The van der Waals surface area contributed by atoms with E-state index in [1.54, 1.807) is 20.8 Å². The maximum Gasteiger partial charge on any atom is 0.434 e. The number of amides is 1. The first-order valence-corrected chi connectivity index (χ1v) is 7.03. The zero-order chi connectivity index (χ0) is 18.5. The van der Waals surface area contributed by atoms with Crippen LogP contribution in [-0.4, -0.2) is 45.0 Å². The van der Waals surface area contributed by atoms with E-state index in [9.17, 15) is 23.2 Å². The molecular formula is C13H20F3N5O3. The van der Waals surface area contributed by atoms with Crippen LogP contribution in [0.5, 0.6) is 0 Å². The molecule has 1 aromatic heterocycles. The lowest BCUT2D eigenvalue weighted by molar-refractivity contribution is -0.137. The van der Waals surface area contributed by atoms with Gasteiger partial charge in [0.25, 0.3) is 0 Å². The van der Waals surface area contributed by atoms with Crippen molar-refractivity contribution < 1.29 is 27.9 Å². The van der Waals surface area contributed by atoms with E-state index in [0.29, 0.717) is 11.3 Å². The largest absolute Gasteiger partial charge is 0.442 e. The number of aromatic nitrogens is 2. The molecule has 0 aliphatic carbocycles. The average Bonchev–Trinajstić information content (AvgIpc) is 2.40. The van der Waals surface area contributed by atoms with Crippen molar-refractivity contribution in [3.05, 3.63) is 11.8 Å². The molecule has 8 nitrogen and oxygen atoms in total. The van der Waals surface area contributed by atoms with Crippen molar-refractivity contribution in [2.45, 2.75) is 39.0 Å². The fraction of sp³-hybridized carbons (Fsp3) is 0.615. The summed E-state index contributed by atoms with van der Waals surface area (Å²) in [6.07, 6.45) is -4.83. The number of nitrogen functional groups attached to an aromatic ring is 1. The summed E-state index contributed by atoms with van der Waals surface area (Å²) in [5.74, 6) is -0.764. The third-order valence-corrected chi connectivity index (χ3v) is 2.56. The van der Waals surface area contributed by atoms with Crippen molar-refractivity contribution >= 4 is 17.9 Å². The number of hydrogen-bond acceptors (Lipinski definition) is 7. The second kappa shape index (κ2) is 7.51. The number of hydroxylamine groups is 2. The van der Waals surface area contributed by atoms with E-state index >= 15 is 0 Å². The Hall–Kier alpha value is -2.30. The molecule has 1 aromatic rings. The number of nitrogens with two attached hydrogens (primary N) is 1. The second-order valence-electron chi connectivity index (χ2n) is 5.87. The summed E-state index contributed by atoms with van der Waals surface area (Å²) in [7, 11) is 0. The maximum absolute atomic E-state index is 12.8. The van der Waals surface area contributed by atoms with Gasteiger partial charge in [-0.05, 0) is 27.2 Å². The SMILES string of the molecule is CC(C)(C)OC(=O)N(O)CCCNc1nc(N)ncc1C(F)(F)F. The highest BCUT2D eigenvalue weighted by Gasteiger charge is 2.35. The third kappa shape index (κ3) is 6.44. The first-order chi connectivity index (χ1) is 10.9. The van der Waals surface area contributed by atoms with E-state index in [1.165, 1.54) is 0 Å². The van der Waals surface area contributed by atoms with Gasteiger partial charge in [0.05, 0.1) is 6.54 Å². The molecule has 0 unspecified atom stereocenters. The summed E-state index contributed by atoms with van der Waals surface area (Å²) in [5, 5.41) is 12.3. The van der Waals surface area contributed by atoms with E-state index in [1.807, 2.05) is 0 Å². The van der Waals surface area contributed by atoms with Gasteiger partial charge in [-0.25, -0.2) is 9.78 Å². The molecule has 0 bridgehead atoms. The monoisotopic (exact) mass is 351 g/mol. The number of halogens is 3. The smallest absolute Gasteiger partial charge is 0.434 e. The molecule has 24 heavy (non-hydrogen) atoms. The molecule has 0 fully saturated rings. The molecule has 0 saturated carbocycles. The Kier molecular flexibility index (Phi) is 6.18. The summed E-state index contributed by atoms with van der Waals surface area (Å²) in [5.41, 5.74) is 3.46. The number of ether oxygens (including phenoxy) is 1. The average molecular weight is 351 g/mol. The van der Waals surface area contributed by atoms with Gasteiger partial charge in [-0.2, -0.15) is 23.2 Å². The van der Waals surface area contributed by atoms with Gasteiger partial charge in [0, 0.05) is 12.7 Å². The fourth-order valence-corrected chi connectivity index (χ4v) is 1.58. The van der Waals surface area contributed by atoms with Gasteiger partial charge in [0.2, 0.25) is 5.95 Å². The molecule has 11 heteroatoms. The quantitative estimate of drug-likeness (QED) is 0.424. The van der Waals surface area contributed by atoms with Crippen molar-refractivity contribution in [3.8, 4) is 0 Å². The van der Waals surface area contributed by atoms with Gasteiger partial charge in [0.1, 0.15) is 17.0 Å². The predicted molar refractivity (Wildman–Crippen MR) is 79.3 cm³/mol. The highest BCUT2D eigenvalue weighted by molar-refractivity contribution is 5.66. The lowest BCUT2D eigenvalue weighted by Crippen LogP contribution is -2.35. The highest BCUT2D eigenvalue weighted by Crippen LogP contribution is 2.33. The number of alkyl halides is 3. The third-order valence-electron chi connectivity index (χ3n) is 2.56. The van der Waals surface area contributed by atoms with Gasteiger partial charge in [-0.3, -0.25) is 5.21 Å².